The van der Waals surface area contributed by atoms with Gasteiger partial charge in [-0.2, -0.15) is 5.26 Å². The molecule has 1 aromatic carbocycles. The van der Waals surface area contributed by atoms with E-state index in [1.54, 1.807) is 36.1 Å². The van der Waals surface area contributed by atoms with Gasteiger partial charge in [0.25, 0.3) is 5.91 Å². The fourth-order valence-corrected chi connectivity index (χ4v) is 2.66. The lowest BCUT2D eigenvalue weighted by Crippen LogP contribution is -2.46. The Morgan fingerprint density at radius 1 is 1.22 bits per heavy atom. The van der Waals surface area contributed by atoms with Gasteiger partial charge in [0.15, 0.2) is 0 Å². The molecule has 0 unspecified atom stereocenters. The smallest absolute Gasteiger partial charge is 0.340 e. The van der Waals surface area contributed by atoms with Crippen LogP contribution in [0, 0.1) is 11.3 Å². The molecule has 8 heteroatoms. The Morgan fingerprint density at radius 2 is 1.89 bits per heavy atom. The number of amides is 2. The third-order valence-corrected chi connectivity index (χ3v) is 4.11. The van der Waals surface area contributed by atoms with Gasteiger partial charge in [0.1, 0.15) is 11.6 Å². The SMILES string of the molecule is CCOC(=O)c1ccccc1NC(=O)/C(C#N)=C\N1CCN(C(C)=O)CC1. The number of carbonyl (C=O) groups excluding carboxylic acids is 3. The number of esters is 1. The highest BCUT2D eigenvalue weighted by Gasteiger charge is 2.20. The van der Waals surface area contributed by atoms with Crippen molar-refractivity contribution in [3.05, 3.63) is 41.6 Å². The molecule has 142 valence electrons. The Hall–Kier alpha value is -3.34. The molecule has 1 fully saturated rings. The first-order chi connectivity index (χ1) is 13.0. The first-order valence-corrected chi connectivity index (χ1v) is 8.65. The van der Waals surface area contributed by atoms with Gasteiger partial charge in [-0.15, -0.1) is 0 Å². The van der Waals surface area contributed by atoms with E-state index in [1.807, 2.05) is 11.0 Å². The number of rotatable bonds is 5. The van der Waals surface area contributed by atoms with E-state index in [9.17, 15) is 19.6 Å². The molecule has 0 aliphatic carbocycles. The number of nitrogens with one attached hydrogen (secondary N) is 1. The predicted octanol–water partition coefficient (Wildman–Crippen LogP) is 1.37. The fourth-order valence-electron chi connectivity index (χ4n) is 2.66. The summed E-state index contributed by atoms with van der Waals surface area (Å²) in [4.78, 5) is 39.4. The molecular weight excluding hydrogens is 348 g/mol. The van der Waals surface area contributed by atoms with Gasteiger partial charge < -0.3 is 19.9 Å². The number of hydrogen-bond donors (Lipinski definition) is 1. The molecule has 1 heterocycles. The van der Waals surface area contributed by atoms with Crippen LogP contribution >= 0.6 is 0 Å². The molecule has 1 saturated heterocycles. The third-order valence-electron chi connectivity index (χ3n) is 4.11. The zero-order valence-corrected chi connectivity index (χ0v) is 15.4. The summed E-state index contributed by atoms with van der Waals surface area (Å²) in [6.45, 7) is 5.59. The van der Waals surface area contributed by atoms with E-state index in [0.29, 0.717) is 26.2 Å². The lowest BCUT2D eigenvalue weighted by molar-refractivity contribution is -0.130. The van der Waals surface area contributed by atoms with Crippen molar-refractivity contribution in [2.45, 2.75) is 13.8 Å². The Bertz CT molecular complexity index is 789. The van der Waals surface area contributed by atoms with Crippen molar-refractivity contribution in [1.29, 1.82) is 5.26 Å². The summed E-state index contributed by atoms with van der Waals surface area (Å²) in [6.07, 6.45) is 1.49. The van der Waals surface area contributed by atoms with Crippen molar-refractivity contribution in [2.24, 2.45) is 0 Å². The van der Waals surface area contributed by atoms with Gasteiger partial charge in [-0.1, -0.05) is 12.1 Å². The number of benzene rings is 1. The second kappa shape index (κ2) is 9.38. The average Bonchev–Trinajstić information content (AvgIpc) is 2.67. The second-order valence-electron chi connectivity index (χ2n) is 5.92. The first kappa shape index (κ1) is 20.0. The molecule has 1 aromatic rings. The molecule has 2 amide bonds. The number of carbonyl (C=O) groups is 3. The molecule has 0 atom stereocenters. The van der Waals surface area contributed by atoms with Gasteiger partial charge in [-0.05, 0) is 19.1 Å². The average molecular weight is 370 g/mol. The molecule has 2 rings (SSSR count). The Labute approximate surface area is 158 Å². The van der Waals surface area contributed by atoms with Crippen LogP contribution in [-0.2, 0) is 14.3 Å². The summed E-state index contributed by atoms with van der Waals surface area (Å²) in [7, 11) is 0. The van der Waals surface area contributed by atoms with Gasteiger partial charge >= 0.3 is 5.97 Å². The maximum absolute atomic E-state index is 12.5. The maximum Gasteiger partial charge on any atom is 0.340 e. The minimum atomic E-state index is -0.608. The molecule has 1 aliphatic rings. The van der Waals surface area contributed by atoms with Crippen molar-refractivity contribution >= 4 is 23.5 Å². The van der Waals surface area contributed by atoms with E-state index >= 15 is 0 Å². The van der Waals surface area contributed by atoms with Crippen LogP contribution in [-0.4, -0.2) is 60.4 Å². The van der Waals surface area contributed by atoms with E-state index in [1.165, 1.54) is 13.1 Å². The molecule has 0 aromatic heterocycles. The molecule has 1 N–H and O–H groups in total. The molecule has 1 aliphatic heterocycles. The number of ether oxygens (including phenoxy) is 1. The molecule has 0 saturated carbocycles. The lowest BCUT2D eigenvalue weighted by Gasteiger charge is -2.33. The van der Waals surface area contributed by atoms with E-state index in [4.69, 9.17) is 4.74 Å². The number of para-hydroxylation sites is 1. The van der Waals surface area contributed by atoms with Crippen LogP contribution in [0.5, 0.6) is 0 Å². The van der Waals surface area contributed by atoms with Crippen LogP contribution in [0.25, 0.3) is 0 Å². The number of anilines is 1. The lowest BCUT2D eigenvalue weighted by atomic mass is 10.1. The molecule has 0 bridgehead atoms. The summed E-state index contributed by atoms with van der Waals surface area (Å²) in [5.74, 6) is -1.15. The Morgan fingerprint density at radius 3 is 2.48 bits per heavy atom. The van der Waals surface area contributed by atoms with Gasteiger partial charge in [-0.3, -0.25) is 9.59 Å². The predicted molar refractivity (Wildman–Crippen MR) is 98.6 cm³/mol. The number of piperazine rings is 1. The zero-order chi connectivity index (χ0) is 19.8. The van der Waals surface area contributed by atoms with Crippen molar-refractivity contribution in [3.63, 3.8) is 0 Å². The van der Waals surface area contributed by atoms with Gasteiger partial charge in [-0.25, -0.2) is 4.79 Å². The fraction of sp³-hybridized carbons (Fsp3) is 0.368. The van der Waals surface area contributed by atoms with E-state index < -0.39 is 11.9 Å². The van der Waals surface area contributed by atoms with Crippen molar-refractivity contribution in [1.82, 2.24) is 9.80 Å². The summed E-state index contributed by atoms with van der Waals surface area (Å²) in [5, 5.41) is 11.9. The zero-order valence-electron chi connectivity index (χ0n) is 15.4. The maximum atomic E-state index is 12.5. The van der Waals surface area contributed by atoms with Crippen LogP contribution < -0.4 is 5.32 Å². The van der Waals surface area contributed by atoms with Gasteiger partial charge in [0.05, 0.1) is 17.9 Å². The van der Waals surface area contributed by atoms with Crippen molar-refractivity contribution in [2.75, 3.05) is 38.1 Å². The number of nitriles is 1. The first-order valence-electron chi connectivity index (χ1n) is 8.65. The monoisotopic (exact) mass is 370 g/mol. The highest BCUT2D eigenvalue weighted by atomic mass is 16.5. The summed E-state index contributed by atoms with van der Waals surface area (Å²) < 4.78 is 4.98. The molecule has 0 spiro atoms. The van der Waals surface area contributed by atoms with Crippen molar-refractivity contribution < 1.29 is 19.1 Å². The summed E-state index contributed by atoms with van der Waals surface area (Å²) in [6, 6.07) is 8.35. The van der Waals surface area contributed by atoms with Crippen LogP contribution in [0.15, 0.2) is 36.0 Å². The molecule has 27 heavy (non-hydrogen) atoms. The third kappa shape index (κ3) is 5.31. The Kier molecular flexibility index (Phi) is 6.94. The van der Waals surface area contributed by atoms with Crippen LogP contribution in [0.3, 0.4) is 0 Å². The highest BCUT2D eigenvalue weighted by Crippen LogP contribution is 2.17. The topological polar surface area (TPSA) is 103 Å². The standard InChI is InChI=1S/C19H22N4O4/c1-3-27-19(26)16-6-4-5-7-17(16)21-18(25)15(12-20)13-22-8-10-23(11-9-22)14(2)24/h4-7,13H,3,8-11H2,1-2H3,(H,21,25)/b15-13-. The molecule has 0 radical (unpaired) electrons. The van der Waals surface area contributed by atoms with Gasteiger partial charge in [0.2, 0.25) is 5.91 Å². The van der Waals surface area contributed by atoms with Crippen LogP contribution in [0.1, 0.15) is 24.2 Å². The van der Waals surface area contributed by atoms with Crippen LogP contribution in [0.4, 0.5) is 5.69 Å². The van der Waals surface area contributed by atoms with Crippen LogP contribution in [0.2, 0.25) is 0 Å². The summed E-state index contributed by atoms with van der Waals surface area (Å²) >= 11 is 0. The Balaban J connectivity index is 2.09. The highest BCUT2D eigenvalue weighted by molar-refractivity contribution is 6.09. The van der Waals surface area contributed by atoms with E-state index in [-0.39, 0.29) is 29.3 Å². The van der Waals surface area contributed by atoms with Gasteiger partial charge in [0, 0.05) is 39.3 Å². The molecular formula is C19H22N4O4. The number of nitrogens with zero attached hydrogens (tertiary/aromatic N) is 3. The number of hydrogen-bond acceptors (Lipinski definition) is 6. The van der Waals surface area contributed by atoms with E-state index in [0.717, 1.165) is 0 Å². The van der Waals surface area contributed by atoms with Crippen molar-refractivity contribution in [3.8, 4) is 6.07 Å². The quantitative estimate of drug-likeness (QED) is 0.477. The summed E-state index contributed by atoms with van der Waals surface area (Å²) in [5.41, 5.74) is 0.425. The van der Waals surface area contributed by atoms with E-state index in [2.05, 4.69) is 5.32 Å². The normalized spacial score (nSPS) is 14.3. The minimum Gasteiger partial charge on any atom is -0.462 e. The minimum absolute atomic E-state index is 0.00690. The second-order valence-corrected chi connectivity index (χ2v) is 5.92. The molecule has 8 nitrogen and oxygen atoms in total. The largest absolute Gasteiger partial charge is 0.462 e.